The molecule has 1 N–H and O–H groups in total. The minimum atomic E-state index is -0.0221. The molecule has 3 rings (SSSR count). The number of hydrogen-bond acceptors (Lipinski definition) is 1. The summed E-state index contributed by atoms with van der Waals surface area (Å²) in [7, 11) is 0. The lowest BCUT2D eigenvalue weighted by Gasteiger charge is -2.10. The largest absolute Gasteiger partial charge is 0.335 e. The number of carbonyl (C=O) groups is 1. The Bertz CT molecular complexity index is 851. The van der Waals surface area contributed by atoms with Crippen molar-refractivity contribution in [1.29, 1.82) is 0 Å². The molecule has 1 aromatic heterocycles. The Morgan fingerprint density at radius 1 is 1.14 bits per heavy atom. The van der Waals surface area contributed by atoms with E-state index in [4.69, 9.17) is 0 Å². The van der Waals surface area contributed by atoms with Gasteiger partial charge in [-0.1, -0.05) is 34.1 Å². The number of halogens is 1. The molecule has 0 bridgehead atoms. The number of amides is 1. The molecule has 0 aliphatic heterocycles. The second kappa shape index (κ2) is 5.97. The Morgan fingerprint density at radius 3 is 2.68 bits per heavy atom. The van der Waals surface area contributed by atoms with E-state index in [-0.39, 0.29) is 5.91 Å². The number of nitrogens with one attached hydrogen (secondary N) is 1. The summed E-state index contributed by atoms with van der Waals surface area (Å²) >= 11 is 3.46. The first-order valence-corrected chi connectivity index (χ1v) is 7.95. The molecule has 0 aliphatic carbocycles. The van der Waals surface area contributed by atoms with Crippen molar-refractivity contribution in [2.45, 2.75) is 20.4 Å². The Kier molecular flexibility index (Phi) is 4.03. The van der Waals surface area contributed by atoms with Gasteiger partial charge in [0.1, 0.15) is 6.54 Å². The molecular formula is C18H17BrN2O. The van der Waals surface area contributed by atoms with Crippen LogP contribution < -0.4 is 5.32 Å². The summed E-state index contributed by atoms with van der Waals surface area (Å²) in [6.07, 6.45) is 0. The van der Waals surface area contributed by atoms with Crippen LogP contribution in [0.25, 0.3) is 10.9 Å². The number of carbonyl (C=O) groups excluding carboxylic acids is 1. The topological polar surface area (TPSA) is 34.0 Å². The van der Waals surface area contributed by atoms with Gasteiger partial charge in [-0.2, -0.15) is 0 Å². The van der Waals surface area contributed by atoms with E-state index in [2.05, 4.69) is 33.4 Å². The summed E-state index contributed by atoms with van der Waals surface area (Å²) in [6, 6.07) is 16.0. The molecular weight excluding hydrogens is 340 g/mol. The first-order valence-electron chi connectivity index (χ1n) is 7.15. The number of para-hydroxylation sites is 1. The van der Waals surface area contributed by atoms with Gasteiger partial charge in [0, 0.05) is 21.4 Å². The van der Waals surface area contributed by atoms with E-state index in [1.54, 1.807) is 0 Å². The zero-order chi connectivity index (χ0) is 15.7. The maximum absolute atomic E-state index is 12.3. The molecule has 1 heterocycles. The molecule has 112 valence electrons. The fourth-order valence-electron chi connectivity index (χ4n) is 2.62. The molecule has 0 aliphatic rings. The van der Waals surface area contributed by atoms with Crippen molar-refractivity contribution < 1.29 is 4.79 Å². The van der Waals surface area contributed by atoms with Crippen LogP contribution in [0.3, 0.4) is 0 Å². The second-order valence-corrected chi connectivity index (χ2v) is 6.30. The van der Waals surface area contributed by atoms with Crippen molar-refractivity contribution in [3.8, 4) is 0 Å². The highest BCUT2D eigenvalue weighted by Gasteiger charge is 2.10. The second-order valence-electron chi connectivity index (χ2n) is 5.44. The molecule has 0 atom stereocenters. The third-order valence-corrected chi connectivity index (χ3v) is 4.65. The number of nitrogens with zero attached hydrogens (tertiary/aromatic N) is 1. The predicted octanol–water partition coefficient (Wildman–Crippen LogP) is 4.66. The van der Waals surface area contributed by atoms with E-state index in [1.807, 2.05) is 54.8 Å². The van der Waals surface area contributed by atoms with Gasteiger partial charge >= 0.3 is 0 Å². The van der Waals surface area contributed by atoms with Crippen LogP contribution in [0.4, 0.5) is 5.69 Å². The molecule has 3 nitrogen and oxygen atoms in total. The highest BCUT2D eigenvalue weighted by molar-refractivity contribution is 9.10. The van der Waals surface area contributed by atoms with Gasteiger partial charge in [-0.3, -0.25) is 4.79 Å². The maximum atomic E-state index is 12.3. The van der Waals surface area contributed by atoms with Crippen LogP contribution in [0.1, 0.15) is 11.3 Å². The van der Waals surface area contributed by atoms with Crippen LogP contribution in [0, 0.1) is 13.8 Å². The minimum Gasteiger partial charge on any atom is -0.335 e. The Balaban J connectivity index is 1.81. The lowest BCUT2D eigenvalue weighted by atomic mass is 10.2. The van der Waals surface area contributed by atoms with Crippen LogP contribution in [-0.4, -0.2) is 10.5 Å². The highest BCUT2D eigenvalue weighted by Crippen LogP contribution is 2.21. The number of benzene rings is 2. The van der Waals surface area contributed by atoms with Gasteiger partial charge in [0.15, 0.2) is 0 Å². The van der Waals surface area contributed by atoms with Gasteiger partial charge in [-0.05, 0) is 55.1 Å². The first-order chi connectivity index (χ1) is 10.5. The molecule has 0 saturated carbocycles. The number of anilines is 1. The Labute approximate surface area is 138 Å². The summed E-state index contributed by atoms with van der Waals surface area (Å²) in [5.41, 5.74) is 4.09. The van der Waals surface area contributed by atoms with Crippen molar-refractivity contribution in [3.05, 3.63) is 64.3 Å². The molecule has 22 heavy (non-hydrogen) atoms. The number of hydrogen-bond donors (Lipinski definition) is 1. The van der Waals surface area contributed by atoms with E-state index in [0.29, 0.717) is 6.54 Å². The summed E-state index contributed by atoms with van der Waals surface area (Å²) in [5.74, 6) is -0.0221. The van der Waals surface area contributed by atoms with Crippen molar-refractivity contribution >= 4 is 38.4 Å². The van der Waals surface area contributed by atoms with Crippen molar-refractivity contribution in [2.75, 3.05) is 5.32 Å². The molecule has 1 amide bonds. The summed E-state index contributed by atoms with van der Waals surface area (Å²) in [4.78, 5) is 12.3. The average molecular weight is 357 g/mol. The van der Waals surface area contributed by atoms with E-state index in [9.17, 15) is 4.79 Å². The van der Waals surface area contributed by atoms with E-state index < -0.39 is 0 Å². The third kappa shape index (κ3) is 2.92. The van der Waals surface area contributed by atoms with Crippen LogP contribution in [-0.2, 0) is 11.3 Å². The standard InChI is InChI=1S/C18H17BrN2O/c1-12-9-15(7-8-16(12)19)20-18(22)11-21-13(2)10-14-5-3-4-6-17(14)21/h3-10H,11H2,1-2H3,(H,20,22). The van der Waals surface area contributed by atoms with Gasteiger partial charge < -0.3 is 9.88 Å². The van der Waals surface area contributed by atoms with E-state index in [1.165, 1.54) is 0 Å². The number of aromatic nitrogens is 1. The van der Waals surface area contributed by atoms with E-state index >= 15 is 0 Å². The van der Waals surface area contributed by atoms with Gasteiger partial charge in [-0.25, -0.2) is 0 Å². The minimum absolute atomic E-state index is 0.0221. The summed E-state index contributed by atoms with van der Waals surface area (Å²) in [5, 5.41) is 4.12. The van der Waals surface area contributed by atoms with E-state index in [0.717, 1.165) is 32.3 Å². The summed E-state index contributed by atoms with van der Waals surface area (Å²) in [6.45, 7) is 4.34. The Hall–Kier alpha value is -2.07. The SMILES string of the molecule is Cc1cc(NC(=O)Cn2c(C)cc3ccccc32)ccc1Br. The smallest absolute Gasteiger partial charge is 0.244 e. The summed E-state index contributed by atoms with van der Waals surface area (Å²) < 4.78 is 3.08. The van der Waals surface area contributed by atoms with Crippen molar-refractivity contribution in [3.63, 3.8) is 0 Å². The zero-order valence-corrected chi connectivity index (χ0v) is 14.1. The van der Waals surface area contributed by atoms with Crippen LogP contribution in [0.2, 0.25) is 0 Å². The lowest BCUT2D eigenvalue weighted by Crippen LogP contribution is -2.19. The molecule has 4 heteroatoms. The molecule has 3 aromatic rings. The first kappa shape index (κ1) is 14.9. The van der Waals surface area contributed by atoms with Gasteiger partial charge in [0.2, 0.25) is 5.91 Å². The molecule has 0 radical (unpaired) electrons. The quantitative estimate of drug-likeness (QED) is 0.727. The monoisotopic (exact) mass is 356 g/mol. The number of aryl methyl sites for hydroxylation is 2. The van der Waals surface area contributed by atoms with Gasteiger partial charge in [0.25, 0.3) is 0 Å². The van der Waals surface area contributed by atoms with Crippen LogP contribution in [0.5, 0.6) is 0 Å². The number of fused-ring (bicyclic) bond motifs is 1. The number of rotatable bonds is 3. The lowest BCUT2D eigenvalue weighted by molar-refractivity contribution is -0.116. The van der Waals surface area contributed by atoms with Crippen LogP contribution in [0.15, 0.2) is 53.0 Å². The zero-order valence-electron chi connectivity index (χ0n) is 12.6. The highest BCUT2D eigenvalue weighted by atomic mass is 79.9. The maximum Gasteiger partial charge on any atom is 0.244 e. The van der Waals surface area contributed by atoms with Crippen LogP contribution >= 0.6 is 15.9 Å². The molecule has 0 unspecified atom stereocenters. The Morgan fingerprint density at radius 2 is 1.91 bits per heavy atom. The molecule has 0 fully saturated rings. The normalized spacial score (nSPS) is 10.9. The van der Waals surface area contributed by atoms with Gasteiger partial charge in [0.05, 0.1) is 0 Å². The van der Waals surface area contributed by atoms with Gasteiger partial charge in [-0.15, -0.1) is 0 Å². The molecule has 0 spiro atoms. The van der Waals surface area contributed by atoms with Crippen molar-refractivity contribution in [1.82, 2.24) is 4.57 Å². The van der Waals surface area contributed by atoms with Crippen molar-refractivity contribution in [2.24, 2.45) is 0 Å². The fraction of sp³-hybridized carbons (Fsp3) is 0.167. The average Bonchev–Trinajstić information content (AvgIpc) is 2.79. The molecule has 0 saturated heterocycles. The molecule has 2 aromatic carbocycles. The third-order valence-electron chi connectivity index (χ3n) is 3.76. The fourth-order valence-corrected chi connectivity index (χ4v) is 2.87. The predicted molar refractivity (Wildman–Crippen MR) is 94.2 cm³/mol.